The molecule has 0 radical (unpaired) electrons. The monoisotopic (exact) mass is 712 g/mol. The first-order valence-corrected chi connectivity index (χ1v) is 22.4. The van der Waals surface area contributed by atoms with Gasteiger partial charge in [0, 0.05) is 25.9 Å². The van der Waals surface area contributed by atoms with Crippen LogP contribution in [0.3, 0.4) is 0 Å². The summed E-state index contributed by atoms with van der Waals surface area (Å²) >= 11 is 0. The van der Waals surface area contributed by atoms with Crippen LogP contribution in [0.25, 0.3) is 0 Å². The minimum Gasteiger partial charge on any atom is -0.347 e. The maximum atomic E-state index is 6.78. The summed E-state index contributed by atoms with van der Waals surface area (Å²) in [5.41, 5.74) is 0.313. The van der Waals surface area contributed by atoms with E-state index in [9.17, 15) is 0 Å². The molecular formula is C48H89NO2. The lowest BCUT2D eigenvalue weighted by molar-refractivity contribution is -0.179. The highest BCUT2D eigenvalue weighted by Gasteiger charge is 2.40. The Morgan fingerprint density at radius 2 is 1.00 bits per heavy atom. The van der Waals surface area contributed by atoms with E-state index < -0.39 is 0 Å². The van der Waals surface area contributed by atoms with Gasteiger partial charge in [0.15, 0.2) is 5.79 Å². The molecule has 1 rings (SSSR count). The standard InChI is InChI=1S/C48H89NO2/c1-7-9-11-13-15-17-19-21-23-25-27-29-31-33-35-37-39-48(50-43-46(51-48)42-49-44-47(5,6)41-45(3)4)40-38-36-34-32-30-28-26-24-22-20-18-16-14-12-10-8-2/h15-18,21-24,45-46,49H,7-14,19-20,25-44H2,1-6H3/b17-15-,18-16-,23-21-,24-22-/t46-/m0/s1. The molecule has 1 aliphatic heterocycles. The first kappa shape index (κ1) is 47.9. The van der Waals surface area contributed by atoms with E-state index in [1.165, 1.54) is 148 Å². The van der Waals surface area contributed by atoms with Crippen LogP contribution in [0.4, 0.5) is 0 Å². The zero-order valence-electron chi connectivity index (χ0n) is 35.3. The Hall–Kier alpha value is -1.16. The molecule has 0 aromatic heterocycles. The lowest BCUT2D eigenvalue weighted by Crippen LogP contribution is -2.38. The highest BCUT2D eigenvalue weighted by Crippen LogP contribution is 2.35. The summed E-state index contributed by atoms with van der Waals surface area (Å²) in [7, 11) is 0. The minimum atomic E-state index is -0.357. The normalized spacial score (nSPS) is 16.8. The van der Waals surface area contributed by atoms with Crippen LogP contribution in [0.5, 0.6) is 0 Å². The molecule has 0 amide bonds. The van der Waals surface area contributed by atoms with Crippen LogP contribution in [0, 0.1) is 11.3 Å². The molecule has 1 N–H and O–H groups in total. The van der Waals surface area contributed by atoms with Gasteiger partial charge in [-0.25, -0.2) is 0 Å². The van der Waals surface area contributed by atoms with E-state index in [0.29, 0.717) is 5.41 Å². The lowest BCUT2D eigenvalue weighted by atomic mass is 9.84. The number of allylic oxidation sites excluding steroid dienone is 8. The average Bonchev–Trinajstić information content (AvgIpc) is 3.49. The fourth-order valence-electron chi connectivity index (χ4n) is 7.62. The van der Waals surface area contributed by atoms with E-state index in [4.69, 9.17) is 9.47 Å². The summed E-state index contributed by atoms with van der Waals surface area (Å²) in [6, 6.07) is 0. The average molecular weight is 712 g/mol. The fraction of sp³-hybridized carbons (Fsp3) is 0.833. The van der Waals surface area contributed by atoms with Crippen LogP contribution in [0.1, 0.15) is 215 Å². The molecular weight excluding hydrogens is 623 g/mol. The molecule has 298 valence electrons. The van der Waals surface area contributed by atoms with Crippen LogP contribution in [0.15, 0.2) is 48.6 Å². The summed E-state index contributed by atoms with van der Waals surface area (Å²) in [5, 5.41) is 3.74. The van der Waals surface area contributed by atoms with Gasteiger partial charge >= 0.3 is 0 Å². The lowest BCUT2D eigenvalue weighted by Gasteiger charge is -2.29. The number of unbranched alkanes of at least 4 members (excludes halogenated alkanes) is 18. The van der Waals surface area contributed by atoms with E-state index in [2.05, 4.69) is 95.5 Å². The molecule has 0 spiro atoms. The predicted octanol–water partition coefficient (Wildman–Crippen LogP) is 15.2. The van der Waals surface area contributed by atoms with Gasteiger partial charge in [0.1, 0.15) is 0 Å². The van der Waals surface area contributed by atoms with Crippen molar-refractivity contribution in [1.82, 2.24) is 5.32 Å². The zero-order chi connectivity index (χ0) is 37.1. The van der Waals surface area contributed by atoms with E-state index in [-0.39, 0.29) is 11.9 Å². The Morgan fingerprint density at radius 3 is 1.43 bits per heavy atom. The molecule has 0 aliphatic carbocycles. The van der Waals surface area contributed by atoms with Gasteiger partial charge in [0.25, 0.3) is 0 Å². The third kappa shape index (κ3) is 29.9. The van der Waals surface area contributed by atoms with Gasteiger partial charge in [-0.3, -0.25) is 0 Å². The van der Waals surface area contributed by atoms with Crippen molar-refractivity contribution in [2.45, 2.75) is 227 Å². The quantitative estimate of drug-likeness (QED) is 0.0518. The molecule has 0 bridgehead atoms. The summed E-state index contributed by atoms with van der Waals surface area (Å²) in [4.78, 5) is 0. The van der Waals surface area contributed by atoms with Crippen molar-refractivity contribution in [3.05, 3.63) is 48.6 Å². The van der Waals surface area contributed by atoms with Gasteiger partial charge in [-0.2, -0.15) is 0 Å². The van der Waals surface area contributed by atoms with E-state index in [1.807, 2.05) is 0 Å². The second-order valence-corrected chi connectivity index (χ2v) is 17.0. The molecule has 51 heavy (non-hydrogen) atoms. The Morgan fingerprint density at radius 1 is 0.588 bits per heavy atom. The van der Waals surface area contributed by atoms with Gasteiger partial charge in [-0.05, 0) is 94.8 Å². The number of ether oxygens (including phenoxy) is 2. The smallest absolute Gasteiger partial charge is 0.168 e. The third-order valence-corrected chi connectivity index (χ3v) is 10.4. The van der Waals surface area contributed by atoms with Crippen LogP contribution in [-0.2, 0) is 9.47 Å². The van der Waals surface area contributed by atoms with E-state index in [1.54, 1.807) is 0 Å². The number of hydrogen-bond acceptors (Lipinski definition) is 3. The number of rotatable bonds is 36. The van der Waals surface area contributed by atoms with Crippen LogP contribution < -0.4 is 5.32 Å². The Balaban J connectivity index is 2.31. The number of hydrogen-bond donors (Lipinski definition) is 1. The van der Waals surface area contributed by atoms with Crippen LogP contribution >= 0.6 is 0 Å². The van der Waals surface area contributed by atoms with E-state index in [0.717, 1.165) is 51.3 Å². The molecule has 0 saturated carbocycles. The zero-order valence-corrected chi connectivity index (χ0v) is 35.3. The van der Waals surface area contributed by atoms with Crippen LogP contribution in [0.2, 0.25) is 0 Å². The van der Waals surface area contributed by atoms with Crippen molar-refractivity contribution in [1.29, 1.82) is 0 Å². The largest absolute Gasteiger partial charge is 0.347 e. The summed E-state index contributed by atoms with van der Waals surface area (Å²) in [6.45, 7) is 16.6. The SMILES string of the molecule is CCCCC/C=C\C/C=C\CCCCCCCCC1(CCCCCCCC/C=C\C/C=C\CCCCC)OC[C@H](CNCC(C)(C)CC(C)C)O1. The second-order valence-electron chi connectivity index (χ2n) is 17.0. The van der Waals surface area contributed by atoms with Crippen molar-refractivity contribution in [3.63, 3.8) is 0 Å². The maximum absolute atomic E-state index is 6.78. The van der Waals surface area contributed by atoms with E-state index >= 15 is 0 Å². The van der Waals surface area contributed by atoms with Crippen LogP contribution in [-0.4, -0.2) is 31.6 Å². The van der Waals surface area contributed by atoms with Crippen molar-refractivity contribution < 1.29 is 9.47 Å². The van der Waals surface area contributed by atoms with Gasteiger partial charge in [0.2, 0.25) is 0 Å². The fourth-order valence-corrected chi connectivity index (χ4v) is 7.62. The molecule has 0 unspecified atom stereocenters. The molecule has 1 fully saturated rings. The highest BCUT2D eigenvalue weighted by molar-refractivity contribution is 4.93. The van der Waals surface area contributed by atoms with Gasteiger partial charge < -0.3 is 14.8 Å². The Kier molecular flexibility index (Phi) is 31.4. The Bertz CT molecular complexity index is 820. The van der Waals surface area contributed by atoms with Gasteiger partial charge in [-0.15, -0.1) is 0 Å². The topological polar surface area (TPSA) is 30.5 Å². The molecule has 3 heteroatoms. The maximum Gasteiger partial charge on any atom is 0.168 e. The minimum absolute atomic E-state index is 0.175. The summed E-state index contributed by atoms with van der Waals surface area (Å²) in [5.74, 6) is 0.369. The van der Waals surface area contributed by atoms with Crippen molar-refractivity contribution >= 4 is 0 Å². The molecule has 0 aromatic carbocycles. The van der Waals surface area contributed by atoms with Gasteiger partial charge in [-0.1, -0.05) is 167 Å². The number of nitrogens with one attached hydrogen (secondary N) is 1. The molecule has 3 nitrogen and oxygen atoms in total. The van der Waals surface area contributed by atoms with Gasteiger partial charge in [0.05, 0.1) is 12.7 Å². The molecule has 1 aliphatic rings. The summed E-state index contributed by atoms with van der Waals surface area (Å²) < 4.78 is 13.3. The summed E-state index contributed by atoms with van der Waals surface area (Å²) in [6.07, 6.45) is 53.3. The predicted molar refractivity (Wildman–Crippen MR) is 228 cm³/mol. The first-order chi connectivity index (χ1) is 24.8. The third-order valence-electron chi connectivity index (χ3n) is 10.4. The molecule has 1 saturated heterocycles. The van der Waals surface area contributed by atoms with Crippen molar-refractivity contribution in [2.24, 2.45) is 11.3 Å². The second kappa shape index (κ2) is 33.4. The molecule has 1 heterocycles. The first-order valence-electron chi connectivity index (χ1n) is 22.4. The molecule has 0 aromatic rings. The molecule has 1 atom stereocenters. The van der Waals surface area contributed by atoms with Crippen molar-refractivity contribution in [2.75, 3.05) is 19.7 Å². The Labute approximate surface area is 320 Å². The van der Waals surface area contributed by atoms with Crippen molar-refractivity contribution in [3.8, 4) is 0 Å². The highest BCUT2D eigenvalue weighted by atomic mass is 16.7.